The van der Waals surface area contributed by atoms with E-state index in [0.717, 1.165) is 72.3 Å². The van der Waals surface area contributed by atoms with Gasteiger partial charge in [-0.2, -0.15) is 16.9 Å². The van der Waals surface area contributed by atoms with Gasteiger partial charge in [0.05, 0.1) is 28.5 Å². The number of thioether (sulfide) groups is 1. The van der Waals surface area contributed by atoms with Crippen LogP contribution in [0.3, 0.4) is 0 Å². The van der Waals surface area contributed by atoms with Crippen LogP contribution in [0.1, 0.15) is 85.3 Å². The van der Waals surface area contributed by atoms with Crippen LogP contribution in [0.25, 0.3) is 27.9 Å². The summed E-state index contributed by atoms with van der Waals surface area (Å²) in [5.41, 5.74) is 6.10. The number of piperazine rings is 1. The first-order valence-corrected chi connectivity index (χ1v) is 17.2. The molecule has 1 unspecified atom stereocenters. The second kappa shape index (κ2) is 17.5. The number of pyridine rings is 1. The second-order valence-electron chi connectivity index (χ2n) is 10.4. The highest BCUT2D eigenvalue weighted by Crippen LogP contribution is 2.32. The Morgan fingerprint density at radius 1 is 1.10 bits per heavy atom. The molecule has 1 aromatic carbocycles. The molecular weight excluding hydrogens is 546 g/mol. The Labute approximate surface area is 259 Å². The number of fused-ring (bicyclic) bond motifs is 1. The molecule has 0 amide bonds. The number of benzene rings is 1. The Hall–Kier alpha value is -2.44. The van der Waals surface area contributed by atoms with Crippen LogP contribution in [0.5, 0.6) is 0 Å². The number of hydrogen-bond acceptors (Lipinski definition) is 5. The first-order chi connectivity index (χ1) is 19.8. The molecule has 226 valence electrons. The Morgan fingerprint density at radius 3 is 2.39 bits per heavy atom. The molecule has 0 aliphatic carbocycles. The van der Waals surface area contributed by atoms with Crippen molar-refractivity contribution in [1.29, 1.82) is 0 Å². The maximum Gasteiger partial charge on any atom is 0.0756 e. The van der Waals surface area contributed by atoms with E-state index in [2.05, 4.69) is 80.1 Å². The minimum absolute atomic E-state index is 0.399. The minimum atomic E-state index is 0.399. The number of hydrogen-bond donors (Lipinski definition) is 0. The van der Waals surface area contributed by atoms with Gasteiger partial charge in [0.15, 0.2) is 0 Å². The molecule has 0 N–H and O–H groups in total. The Kier molecular flexibility index (Phi) is 14.8. The summed E-state index contributed by atoms with van der Waals surface area (Å²) in [6, 6.07) is 9.05. The van der Waals surface area contributed by atoms with Gasteiger partial charge in [-0.05, 0) is 62.8 Å². The van der Waals surface area contributed by atoms with Gasteiger partial charge in [-0.3, -0.25) is 4.68 Å². The van der Waals surface area contributed by atoms with Gasteiger partial charge in [-0.1, -0.05) is 77.9 Å². The standard InChI is InChI=1S/C30H40ClN5.C2H6S.C2H6/c1-7-10-11-21(4)35-15-14-34(19-22(35)5)23(6)24-12-13-27-28(31)17-29(33-30(27)16-24)25-18-32-36(20-25)26(8-2)9-3;1-3-2;1-2/h12-13,16-18,20,22,26H,4,6-11,14-15,19H2,1-3,5H3;1-2H3;1-2H3. The summed E-state index contributed by atoms with van der Waals surface area (Å²) in [4.78, 5) is 9.84. The van der Waals surface area contributed by atoms with E-state index >= 15 is 0 Å². The second-order valence-corrected chi connectivity index (χ2v) is 11.6. The van der Waals surface area contributed by atoms with Crippen molar-refractivity contribution in [2.45, 2.75) is 85.7 Å². The number of nitrogens with zero attached hydrogens (tertiary/aromatic N) is 5. The van der Waals surface area contributed by atoms with Crippen molar-refractivity contribution < 1.29 is 0 Å². The largest absolute Gasteiger partial charge is 0.369 e. The van der Waals surface area contributed by atoms with E-state index in [1.807, 2.05) is 43.3 Å². The zero-order valence-electron chi connectivity index (χ0n) is 26.7. The maximum atomic E-state index is 6.70. The monoisotopic (exact) mass is 597 g/mol. The molecule has 4 rings (SSSR count). The van der Waals surface area contributed by atoms with E-state index in [0.29, 0.717) is 17.1 Å². The molecule has 0 bridgehead atoms. The first-order valence-electron chi connectivity index (χ1n) is 15.2. The highest BCUT2D eigenvalue weighted by atomic mass is 35.5. The average molecular weight is 598 g/mol. The van der Waals surface area contributed by atoms with Gasteiger partial charge in [0.25, 0.3) is 0 Å². The van der Waals surface area contributed by atoms with Crippen LogP contribution in [-0.2, 0) is 0 Å². The van der Waals surface area contributed by atoms with Gasteiger partial charge < -0.3 is 9.80 Å². The molecule has 1 fully saturated rings. The third kappa shape index (κ3) is 9.02. The highest BCUT2D eigenvalue weighted by Gasteiger charge is 2.25. The van der Waals surface area contributed by atoms with Crippen LogP contribution in [0, 0.1) is 0 Å². The fourth-order valence-electron chi connectivity index (χ4n) is 5.23. The summed E-state index contributed by atoms with van der Waals surface area (Å²) in [7, 11) is 0. The Bertz CT molecular complexity index is 1250. The third-order valence-corrected chi connectivity index (χ3v) is 7.85. The topological polar surface area (TPSA) is 37.2 Å². The highest BCUT2D eigenvalue weighted by molar-refractivity contribution is 7.97. The number of halogens is 1. The molecule has 3 heterocycles. The van der Waals surface area contributed by atoms with Crippen molar-refractivity contribution >= 4 is 40.0 Å². The Morgan fingerprint density at radius 2 is 1.78 bits per heavy atom. The van der Waals surface area contributed by atoms with Crippen molar-refractivity contribution in [3.8, 4) is 11.3 Å². The van der Waals surface area contributed by atoms with Gasteiger partial charge in [0.1, 0.15) is 0 Å². The van der Waals surface area contributed by atoms with E-state index in [4.69, 9.17) is 16.6 Å². The lowest BCUT2D eigenvalue weighted by atomic mass is 10.0. The number of unbranched alkanes of at least 4 members (excludes halogenated alkanes) is 1. The summed E-state index contributed by atoms with van der Waals surface area (Å²) >= 11 is 8.45. The molecule has 7 heteroatoms. The maximum absolute atomic E-state index is 6.70. The van der Waals surface area contributed by atoms with E-state index in [1.165, 1.54) is 18.5 Å². The molecule has 2 aromatic heterocycles. The zero-order chi connectivity index (χ0) is 30.5. The van der Waals surface area contributed by atoms with E-state index < -0.39 is 0 Å². The number of rotatable bonds is 10. The molecule has 0 spiro atoms. The summed E-state index contributed by atoms with van der Waals surface area (Å²) in [6.07, 6.45) is 13.6. The summed E-state index contributed by atoms with van der Waals surface area (Å²) in [5, 5.41) is 6.25. The zero-order valence-corrected chi connectivity index (χ0v) is 28.3. The summed E-state index contributed by atoms with van der Waals surface area (Å²) in [6.45, 7) is 24.6. The van der Waals surface area contributed by atoms with Crippen LogP contribution in [-0.4, -0.2) is 62.8 Å². The van der Waals surface area contributed by atoms with Crippen LogP contribution < -0.4 is 0 Å². The minimum Gasteiger partial charge on any atom is -0.369 e. The fourth-order valence-corrected chi connectivity index (χ4v) is 5.49. The molecule has 1 aliphatic heterocycles. The molecule has 3 aromatic rings. The van der Waals surface area contributed by atoms with E-state index in [9.17, 15) is 0 Å². The lowest BCUT2D eigenvalue weighted by Crippen LogP contribution is -2.50. The van der Waals surface area contributed by atoms with Gasteiger partial charge in [0, 0.05) is 54.2 Å². The van der Waals surface area contributed by atoms with Crippen molar-refractivity contribution in [2.24, 2.45) is 0 Å². The molecule has 0 saturated carbocycles. The van der Waals surface area contributed by atoms with Crippen molar-refractivity contribution in [3.63, 3.8) is 0 Å². The van der Waals surface area contributed by atoms with Crippen molar-refractivity contribution in [2.75, 3.05) is 32.1 Å². The molecule has 1 saturated heterocycles. The molecule has 1 atom stereocenters. The van der Waals surface area contributed by atoms with E-state index in [-0.39, 0.29) is 0 Å². The van der Waals surface area contributed by atoms with Crippen LogP contribution in [0.4, 0.5) is 0 Å². The quantitative estimate of drug-likeness (QED) is 0.232. The van der Waals surface area contributed by atoms with Crippen molar-refractivity contribution in [3.05, 3.63) is 66.1 Å². The smallest absolute Gasteiger partial charge is 0.0756 e. The predicted octanol–water partition coefficient (Wildman–Crippen LogP) is 9.80. The lowest BCUT2D eigenvalue weighted by molar-refractivity contribution is 0.149. The van der Waals surface area contributed by atoms with Crippen LogP contribution in [0.15, 0.2) is 55.5 Å². The average Bonchev–Trinajstić information content (AvgIpc) is 3.47. The molecule has 1 aliphatic rings. The number of allylic oxidation sites excluding steroid dienone is 1. The van der Waals surface area contributed by atoms with Crippen LogP contribution >= 0.6 is 23.4 Å². The summed E-state index contributed by atoms with van der Waals surface area (Å²) < 4.78 is 2.05. The van der Waals surface area contributed by atoms with Gasteiger partial charge in [-0.25, -0.2) is 4.98 Å². The third-order valence-electron chi connectivity index (χ3n) is 7.54. The molecule has 41 heavy (non-hydrogen) atoms. The molecule has 0 radical (unpaired) electrons. The first kappa shape index (κ1) is 34.8. The normalized spacial score (nSPS) is 14.8. The molecular formula is C34H52ClN5S. The van der Waals surface area contributed by atoms with E-state index in [1.54, 1.807) is 11.8 Å². The van der Waals surface area contributed by atoms with Crippen LogP contribution in [0.2, 0.25) is 5.02 Å². The lowest BCUT2D eigenvalue weighted by Gasteiger charge is -2.43. The Balaban J connectivity index is 0.00000110. The fraction of sp³-hybridized carbons (Fsp3) is 0.529. The van der Waals surface area contributed by atoms with Gasteiger partial charge >= 0.3 is 0 Å². The van der Waals surface area contributed by atoms with Gasteiger partial charge in [-0.15, -0.1) is 0 Å². The molecule has 5 nitrogen and oxygen atoms in total. The SMILES string of the molecule is C=C(c1ccc2c(Cl)cc(-c3cnn(C(CC)CC)c3)nc2c1)N1CCN(C(=C)CCCC)C(C)C1.CC.CSC. The predicted molar refractivity (Wildman–Crippen MR) is 184 cm³/mol. The summed E-state index contributed by atoms with van der Waals surface area (Å²) in [5.74, 6) is 0. The van der Waals surface area contributed by atoms with Gasteiger partial charge in [0.2, 0.25) is 0 Å². The number of aromatic nitrogens is 3. The van der Waals surface area contributed by atoms with Crippen molar-refractivity contribution in [1.82, 2.24) is 24.6 Å².